The highest BCUT2D eigenvalue weighted by atomic mass is 32.2. The molecule has 0 fully saturated rings. The van der Waals surface area contributed by atoms with Gasteiger partial charge in [0.15, 0.2) is 0 Å². The highest BCUT2D eigenvalue weighted by Crippen LogP contribution is 2.32. The summed E-state index contributed by atoms with van der Waals surface area (Å²) in [5.74, 6) is 0. The van der Waals surface area contributed by atoms with Crippen LogP contribution in [0.5, 0.6) is 0 Å². The van der Waals surface area contributed by atoms with E-state index in [0.29, 0.717) is 0 Å². The van der Waals surface area contributed by atoms with E-state index in [0.717, 1.165) is 5.57 Å². The van der Waals surface area contributed by atoms with E-state index in [4.69, 9.17) is 5.14 Å². The largest absolute Gasteiger partial charge is 0.274 e. The SMILES string of the molecule is C=CC(=C/C)/C(=C\SN)C(C)(C)C. The average molecular weight is 197 g/mol. The Hall–Kier alpha value is -0.470. The molecule has 0 heterocycles. The number of hydrogen-bond donors (Lipinski definition) is 1. The average Bonchev–Trinajstić information content (AvgIpc) is 2.03. The Kier molecular flexibility index (Phi) is 5.11. The minimum Gasteiger partial charge on any atom is -0.274 e. The van der Waals surface area contributed by atoms with Crippen molar-refractivity contribution in [3.05, 3.63) is 35.3 Å². The molecule has 0 amide bonds. The molecule has 0 aromatic rings. The fraction of sp³-hybridized carbons (Fsp3) is 0.455. The molecule has 0 spiro atoms. The summed E-state index contributed by atoms with van der Waals surface area (Å²) in [6, 6.07) is 0. The molecular formula is C11H19NS. The highest BCUT2D eigenvalue weighted by molar-refractivity contribution is 8.00. The molecule has 0 atom stereocenters. The fourth-order valence-corrected chi connectivity index (χ4v) is 1.75. The first-order valence-electron chi connectivity index (χ1n) is 4.32. The first-order valence-corrected chi connectivity index (χ1v) is 5.27. The molecule has 0 aromatic heterocycles. The molecular weight excluding hydrogens is 178 g/mol. The van der Waals surface area contributed by atoms with Crippen molar-refractivity contribution in [2.45, 2.75) is 27.7 Å². The summed E-state index contributed by atoms with van der Waals surface area (Å²) in [6.45, 7) is 12.3. The summed E-state index contributed by atoms with van der Waals surface area (Å²) in [5.41, 5.74) is 2.51. The molecule has 74 valence electrons. The Morgan fingerprint density at radius 3 is 2.15 bits per heavy atom. The molecule has 0 aromatic carbocycles. The number of rotatable bonds is 3. The number of allylic oxidation sites excluding steroid dienone is 4. The second-order valence-corrected chi connectivity index (χ2v) is 4.37. The Balaban J connectivity index is 5.05. The maximum absolute atomic E-state index is 5.45. The van der Waals surface area contributed by atoms with E-state index in [1.54, 1.807) is 0 Å². The van der Waals surface area contributed by atoms with E-state index in [9.17, 15) is 0 Å². The van der Waals surface area contributed by atoms with Gasteiger partial charge >= 0.3 is 0 Å². The lowest BCUT2D eigenvalue weighted by atomic mass is 9.83. The van der Waals surface area contributed by atoms with Crippen LogP contribution in [-0.2, 0) is 0 Å². The summed E-state index contributed by atoms with van der Waals surface area (Å²) in [6.07, 6.45) is 3.92. The van der Waals surface area contributed by atoms with Gasteiger partial charge < -0.3 is 0 Å². The first kappa shape index (κ1) is 12.5. The van der Waals surface area contributed by atoms with E-state index in [1.807, 2.05) is 18.4 Å². The Morgan fingerprint density at radius 1 is 1.38 bits per heavy atom. The van der Waals surface area contributed by atoms with E-state index >= 15 is 0 Å². The van der Waals surface area contributed by atoms with Gasteiger partial charge in [-0.05, 0) is 28.9 Å². The summed E-state index contributed by atoms with van der Waals surface area (Å²) >= 11 is 1.25. The predicted molar refractivity (Wildman–Crippen MR) is 63.3 cm³/mol. The Labute approximate surface area is 85.9 Å². The summed E-state index contributed by atoms with van der Waals surface area (Å²) in [7, 11) is 0. The van der Waals surface area contributed by atoms with Crippen LogP contribution < -0.4 is 5.14 Å². The van der Waals surface area contributed by atoms with Crippen LogP contribution in [0.15, 0.2) is 35.3 Å². The Bertz CT molecular complexity index is 231. The second-order valence-electron chi connectivity index (χ2n) is 3.87. The van der Waals surface area contributed by atoms with Crippen LogP contribution in [0.3, 0.4) is 0 Å². The minimum absolute atomic E-state index is 0.113. The van der Waals surface area contributed by atoms with Crippen molar-refractivity contribution < 1.29 is 0 Å². The van der Waals surface area contributed by atoms with Crippen LogP contribution in [-0.4, -0.2) is 0 Å². The van der Waals surface area contributed by atoms with E-state index in [1.165, 1.54) is 17.5 Å². The topological polar surface area (TPSA) is 26.0 Å². The number of hydrogen-bond acceptors (Lipinski definition) is 2. The lowest BCUT2D eigenvalue weighted by Gasteiger charge is -2.23. The van der Waals surface area contributed by atoms with Crippen molar-refractivity contribution >= 4 is 11.9 Å². The Morgan fingerprint density at radius 2 is 1.92 bits per heavy atom. The van der Waals surface area contributed by atoms with Gasteiger partial charge in [-0.2, -0.15) is 0 Å². The van der Waals surface area contributed by atoms with Crippen molar-refractivity contribution in [1.82, 2.24) is 0 Å². The van der Waals surface area contributed by atoms with E-state index < -0.39 is 0 Å². The van der Waals surface area contributed by atoms with Gasteiger partial charge in [0.1, 0.15) is 0 Å². The molecule has 0 aliphatic heterocycles. The molecule has 0 unspecified atom stereocenters. The zero-order chi connectivity index (χ0) is 10.5. The molecule has 2 N–H and O–H groups in total. The van der Waals surface area contributed by atoms with Crippen molar-refractivity contribution in [2.24, 2.45) is 10.6 Å². The predicted octanol–water partition coefficient (Wildman–Crippen LogP) is 3.66. The maximum atomic E-state index is 5.45. The quantitative estimate of drug-likeness (QED) is 0.552. The van der Waals surface area contributed by atoms with Gasteiger partial charge in [0.2, 0.25) is 0 Å². The summed E-state index contributed by atoms with van der Waals surface area (Å²) in [4.78, 5) is 0. The zero-order valence-corrected chi connectivity index (χ0v) is 9.74. The molecule has 2 heteroatoms. The summed E-state index contributed by atoms with van der Waals surface area (Å²) in [5, 5.41) is 7.44. The van der Waals surface area contributed by atoms with Crippen LogP contribution in [0, 0.1) is 5.41 Å². The third-order valence-corrected chi connectivity index (χ3v) is 2.21. The molecule has 1 nitrogen and oxygen atoms in total. The fourth-order valence-electron chi connectivity index (χ4n) is 1.13. The molecule has 0 aliphatic rings. The van der Waals surface area contributed by atoms with Gasteiger partial charge in [-0.25, -0.2) is 0 Å². The van der Waals surface area contributed by atoms with Gasteiger partial charge in [-0.3, -0.25) is 5.14 Å². The smallest absolute Gasteiger partial charge is 0.00950 e. The van der Waals surface area contributed by atoms with Gasteiger partial charge in [0, 0.05) is 0 Å². The monoisotopic (exact) mass is 197 g/mol. The molecule has 0 rings (SSSR count). The van der Waals surface area contributed by atoms with Crippen LogP contribution in [0.2, 0.25) is 0 Å². The molecule has 0 saturated heterocycles. The van der Waals surface area contributed by atoms with Crippen molar-refractivity contribution in [2.75, 3.05) is 0 Å². The second kappa shape index (κ2) is 5.30. The molecule has 13 heavy (non-hydrogen) atoms. The van der Waals surface area contributed by atoms with Crippen molar-refractivity contribution in [3.63, 3.8) is 0 Å². The van der Waals surface area contributed by atoms with E-state index in [2.05, 4.69) is 33.4 Å². The van der Waals surface area contributed by atoms with Crippen molar-refractivity contribution in [1.29, 1.82) is 0 Å². The van der Waals surface area contributed by atoms with Gasteiger partial charge in [0.25, 0.3) is 0 Å². The van der Waals surface area contributed by atoms with Gasteiger partial charge in [-0.15, -0.1) is 0 Å². The lowest BCUT2D eigenvalue weighted by molar-refractivity contribution is 0.514. The minimum atomic E-state index is 0.113. The molecule has 0 bridgehead atoms. The molecule has 0 aliphatic carbocycles. The molecule has 0 saturated carbocycles. The van der Waals surface area contributed by atoms with Gasteiger partial charge in [0.05, 0.1) is 0 Å². The summed E-state index contributed by atoms with van der Waals surface area (Å²) < 4.78 is 0. The normalized spacial score (nSPS) is 14.5. The van der Waals surface area contributed by atoms with Gasteiger partial charge in [-0.1, -0.05) is 51.5 Å². The van der Waals surface area contributed by atoms with Crippen molar-refractivity contribution in [3.8, 4) is 0 Å². The maximum Gasteiger partial charge on any atom is -0.00950 e. The van der Waals surface area contributed by atoms with Crippen LogP contribution >= 0.6 is 11.9 Å². The van der Waals surface area contributed by atoms with Crippen LogP contribution in [0.25, 0.3) is 0 Å². The third-order valence-electron chi connectivity index (χ3n) is 1.84. The number of nitrogens with two attached hydrogens (primary N) is 1. The molecule has 0 radical (unpaired) electrons. The third kappa shape index (κ3) is 3.83. The van der Waals surface area contributed by atoms with Crippen LogP contribution in [0.4, 0.5) is 0 Å². The first-order chi connectivity index (χ1) is 5.97. The highest BCUT2D eigenvalue weighted by Gasteiger charge is 2.18. The zero-order valence-electron chi connectivity index (χ0n) is 8.92. The van der Waals surface area contributed by atoms with Crippen LogP contribution in [0.1, 0.15) is 27.7 Å². The van der Waals surface area contributed by atoms with E-state index in [-0.39, 0.29) is 5.41 Å². The lowest BCUT2D eigenvalue weighted by Crippen LogP contribution is -2.10. The standard InChI is InChI=1S/C11H19NS/c1-6-9(7-2)10(8-13-12)11(3,4)5/h6-8H,1,12H2,2-5H3/b9-7-,10-8+.